The van der Waals surface area contributed by atoms with E-state index in [0.29, 0.717) is 0 Å². The van der Waals surface area contributed by atoms with Gasteiger partial charge in [0.15, 0.2) is 0 Å². The molecule has 1 saturated heterocycles. The molecule has 1 aromatic heterocycles. The van der Waals surface area contributed by atoms with Gasteiger partial charge in [0.1, 0.15) is 0 Å². The molecular weight excluding hydrogens is 322 g/mol. The molecule has 2 heterocycles. The van der Waals surface area contributed by atoms with Crippen LogP contribution in [0.1, 0.15) is 11.1 Å². The number of pyridine rings is 1. The molecule has 2 aliphatic rings. The van der Waals surface area contributed by atoms with Crippen LogP contribution in [0.25, 0.3) is 22.2 Å². The Bertz CT molecular complexity index is 945. The van der Waals surface area contributed by atoms with Crippen LogP contribution in [0.2, 0.25) is 0 Å². The number of likely N-dealkylation sites (N-methyl/N-ethyl adjacent to an activating group) is 1. The fraction of sp³-hybridized carbons (Fsp3) is 0.318. The predicted molar refractivity (Wildman–Crippen MR) is 108 cm³/mol. The summed E-state index contributed by atoms with van der Waals surface area (Å²) in [4.78, 5) is 10.1. The minimum atomic E-state index is 0. The molecule has 1 aliphatic carbocycles. The molecule has 4 heteroatoms. The molecule has 0 unspecified atom stereocenters. The highest BCUT2D eigenvalue weighted by molar-refractivity contribution is 5.97. The lowest BCUT2D eigenvalue weighted by molar-refractivity contribution is 0.313. The van der Waals surface area contributed by atoms with Crippen molar-refractivity contribution in [2.75, 3.05) is 38.1 Å². The average molecular weight is 347 g/mol. The van der Waals surface area contributed by atoms with Crippen LogP contribution < -0.4 is 4.90 Å². The molecule has 4 nitrogen and oxygen atoms in total. The maximum absolute atomic E-state index is 5.09. The Kier molecular flexibility index (Phi) is 4.39. The van der Waals surface area contributed by atoms with Gasteiger partial charge in [-0.05, 0) is 31.5 Å². The summed E-state index contributed by atoms with van der Waals surface area (Å²) in [7, 11) is 2.22. The summed E-state index contributed by atoms with van der Waals surface area (Å²) < 4.78 is 0. The number of aryl methyl sites for hydroxylation is 1. The Hall–Kier alpha value is -2.43. The first-order valence-corrected chi connectivity index (χ1v) is 9.24. The fourth-order valence-corrected chi connectivity index (χ4v) is 4.31. The van der Waals surface area contributed by atoms with Crippen molar-refractivity contribution in [1.82, 2.24) is 9.88 Å². The average Bonchev–Trinajstić information content (AvgIpc) is 2.67. The Balaban J connectivity index is 0.00000168. The molecule has 0 spiro atoms. The Morgan fingerprint density at radius 2 is 1.58 bits per heavy atom. The Morgan fingerprint density at radius 1 is 0.846 bits per heavy atom. The summed E-state index contributed by atoms with van der Waals surface area (Å²) in [5.74, 6) is 0. The van der Waals surface area contributed by atoms with Crippen molar-refractivity contribution in [2.24, 2.45) is 0 Å². The second-order valence-electron chi connectivity index (χ2n) is 7.25. The molecule has 0 bridgehead atoms. The summed E-state index contributed by atoms with van der Waals surface area (Å²) in [5.41, 5.74) is 7.96. The largest absolute Gasteiger partial charge is 0.412 e. The number of hydrogen-bond donors (Lipinski definition) is 0. The van der Waals surface area contributed by atoms with Gasteiger partial charge in [-0.2, -0.15) is 0 Å². The minimum absolute atomic E-state index is 0. The number of nitrogens with zero attached hydrogens (tertiary/aromatic N) is 3. The first-order chi connectivity index (χ1) is 12.3. The van der Waals surface area contributed by atoms with E-state index < -0.39 is 0 Å². The predicted octanol–water partition coefficient (Wildman–Crippen LogP) is 2.93. The third-order valence-electron chi connectivity index (χ3n) is 5.70. The summed E-state index contributed by atoms with van der Waals surface area (Å²) in [6, 6.07) is 17.4. The molecule has 134 valence electrons. The molecule has 26 heavy (non-hydrogen) atoms. The van der Waals surface area contributed by atoms with E-state index in [1.807, 2.05) is 0 Å². The topological polar surface area (TPSA) is 50.9 Å². The van der Waals surface area contributed by atoms with Gasteiger partial charge >= 0.3 is 0 Å². The van der Waals surface area contributed by atoms with E-state index in [-0.39, 0.29) is 5.48 Å². The maximum atomic E-state index is 5.09. The Labute approximate surface area is 154 Å². The van der Waals surface area contributed by atoms with Crippen molar-refractivity contribution in [3.63, 3.8) is 0 Å². The van der Waals surface area contributed by atoms with Gasteiger partial charge in [0, 0.05) is 42.7 Å². The highest BCUT2D eigenvalue weighted by Crippen LogP contribution is 2.41. The molecule has 0 amide bonds. The summed E-state index contributed by atoms with van der Waals surface area (Å²) in [5, 5.41) is 1.31. The van der Waals surface area contributed by atoms with E-state index in [4.69, 9.17) is 4.98 Å². The van der Waals surface area contributed by atoms with Crippen LogP contribution in [0.15, 0.2) is 48.5 Å². The first kappa shape index (κ1) is 17.0. The standard InChI is InChI=1S/C22H23N3.H2O/c1-24-12-14-25(15-13-24)22-18-8-4-5-9-20(18)23-21-17-7-3-2-6-16(17)10-11-19(21)22;/h2-9H,10-15H2,1H3;1H2. The maximum Gasteiger partial charge on any atom is 0.0765 e. The van der Waals surface area contributed by atoms with E-state index in [2.05, 4.69) is 65.4 Å². The summed E-state index contributed by atoms with van der Waals surface area (Å²) in [6.45, 7) is 4.45. The highest BCUT2D eigenvalue weighted by atomic mass is 16.0. The molecule has 2 N–H and O–H groups in total. The quantitative estimate of drug-likeness (QED) is 0.680. The zero-order valence-electron chi connectivity index (χ0n) is 15.2. The second-order valence-corrected chi connectivity index (χ2v) is 7.25. The lowest BCUT2D eigenvalue weighted by Gasteiger charge is -2.37. The number of rotatable bonds is 1. The number of piperazine rings is 1. The van der Waals surface area contributed by atoms with Crippen LogP contribution in [-0.2, 0) is 12.8 Å². The van der Waals surface area contributed by atoms with E-state index in [1.165, 1.54) is 33.5 Å². The SMILES string of the molecule is CN1CCN(c2c3c(nc4ccccc24)-c2ccccc2CC3)CC1.O. The van der Waals surface area contributed by atoms with Gasteiger partial charge < -0.3 is 15.3 Å². The van der Waals surface area contributed by atoms with Crippen molar-refractivity contribution < 1.29 is 5.48 Å². The minimum Gasteiger partial charge on any atom is -0.412 e. The van der Waals surface area contributed by atoms with Crippen LogP contribution >= 0.6 is 0 Å². The van der Waals surface area contributed by atoms with Gasteiger partial charge in [-0.25, -0.2) is 4.98 Å². The number of fused-ring (bicyclic) bond motifs is 4. The number of para-hydroxylation sites is 1. The number of aromatic nitrogens is 1. The summed E-state index contributed by atoms with van der Waals surface area (Å²) >= 11 is 0. The molecule has 1 fully saturated rings. The van der Waals surface area contributed by atoms with E-state index in [9.17, 15) is 0 Å². The third kappa shape index (κ3) is 2.66. The zero-order valence-corrected chi connectivity index (χ0v) is 15.2. The molecule has 1 aliphatic heterocycles. The van der Waals surface area contributed by atoms with Crippen LogP contribution in [-0.4, -0.2) is 48.6 Å². The van der Waals surface area contributed by atoms with Gasteiger partial charge in [0.05, 0.1) is 16.9 Å². The molecule has 3 aromatic rings. The van der Waals surface area contributed by atoms with Crippen molar-refractivity contribution in [1.29, 1.82) is 0 Å². The molecule has 0 saturated carbocycles. The van der Waals surface area contributed by atoms with Crippen molar-refractivity contribution >= 4 is 16.6 Å². The van der Waals surface area contributed by atoms with Crippen LogP contribution in [0.4, 0.5) is 5.69 Å². The number of hydrogen-bond acceptors (Lipinski definition) is 3. The zero-order chi connectivity index (χ0) is 16.8. The Morgan fingerprint density at radius 3 is 2.42 bits per heavy atom. The first-order valence-electron chi connectivity index (χ1n) is 9.24. The van der Waals surface area contributed by atoms with Gasteiger partial charge in [0.25, 0.3) is 0 Å². The van der Waals surface area contributed by atoms with Gasteiger partial charge in [-0.3, -0.25) is 0 Å². The van der Waals surface area contributed by atoms with Gasteiger partial charge in [-0.1, -0.05) is 42.5 Å². The monoisotopic (exact) mass is 347 g/mol. The van der Waals surface area contributed by atoms with E-state index in [1.54, 1.807) is 0 Å². The third-order valence-corrected chi connectivity index (χ3v) is 5.70. The number of benzene rings is 2. The van der Waals surface area contributed by atoms with Crippen molar-refractivity contribution in [2.45, 2.75) is 12.8 Å². The lowest BCUT2D eigenvalue weighted by atomic mass is 9.86. The van der Waals surface area contributed by atoms with Crippen molar-refractivity contribution in [3.05, 3.63) is 59.7 Å². The van der Waals surface area contributed by atoms with Crippen LogP contribution in [0.5, 0.6) is 0 Å². The molecule has 5 rings (SSSR count). The number of anilines is 1. The summed E-state index contributed by atoms with van der Waals surface area (Å²) in [6.07, 6.45) is 2.20. The smallest absolute Gasteiger partial charge is 0.0765 e. The van der Waals surface area contributed by atoms with E-state index in [0.717, 1.165) is 44.5 Å². The van der Waals surface area contributed by atoms with Crippen molar-refractivity contribution in [3.8, 4) is 11.3 Å². The van der Waals surface area contributed by atoms with Gasteiger partial charge in [-0.15, -0.1) is 0 Å². The lowest BCUT2D eigenvalue weighted by Crippen LogP contribution is -2.45. The normalized spacial score (nSPS) is 16.7. The highest BCUT2D eigenvalue weighted by Gasteiger charge is 2.26. The molecule has 2 aromatic carbocycles. The second kappa shape index (κ2) is 6.71. The molecule has 0 radical (unpaired) electrons. The van der Waals surface area contributed by atoms with Crippen LogP contribution in [0.3, 0.4) is 0 Å². The molecule has 0 atom stereocenters. The van der Waals surface area contributed by atoms with Crippen LogP contribution in [0, 0.1) is 0 Å². The van der Waals surface area contributed by atoms with Gasteiger partial charge in [0.2, 0.25) is 0 Å². The fourth-order valence-electron chi connectivity index (χ4n) is 4.31. The molecular formula is C22H25N3O. The van der Waals surface area contributed by atoms with E-state index >= 15 is 0 Å².